The van der Waals surface area contributed by atoms with E-state index in [1.54, 1.807) is 0 Å². The summed E-state index contributed by atoms with van der Waals surface area (Å²) >= 11 is 0. The Morgan fingerprint density at radius 1 is 1.24 bits per heavy atom. The van der Waals surface area contributed by atoms with Crippen molar-refractivity contribution in [2.75, 3.05) is 6.61 Å². The average molecular weight is 355 g/mol. The van der Waals surface area contributed by atoms with Crippen molar-refractivity contribution in [2.45, 2.75) is 31.7 Å². The largest absolute Gasteiger partial charge is 0.435 e. The van der Waals surface area contributed by atoms with Gasteiger partial charge in [0.25, 0.3) is 5.91 Å². The Morgan fingerprint density at radius 3 is 2.60 bits per heavy atom. The maximum absolute atomic E-state index is 12.6. The third-order valence-electron chi connectivity index (χ3n) is 3.69. The minimum Gasteiger partial charge on any atom is -0.350 e. The lowest BCUT2D eigenvalue weighted by molar-refractivity contribution is -0.186. The van der Waals surface area contributed by atoms with Gasteiger partial charge < -0.3 is 4.74 Å². The number of hydroxylamine groups is 1. The van der Waals surface area contributed by atoms with Crippen molar-refractivity contribution < 1.29 is 27.5 Å². The number of hydrogen-bond acceptors (Lipinski definition) is 4. The van der Waals surface area contributed by atoms with Crippen molar-refractivity contribution in [2.24, 2.45) is 0 Å². The van der Waals surface area contributed by atoms with E-state index in [2.05, 4.69) is 10.6 Å². The van der Waals surface area contributed by atoms with Gasteiger partial charge in [-0.2, -0.15) is 18.3 Å². The number of nitrogens with zero attached hydrogens (tertiary/aromatic N) is 2. The predicted octanol–water partition coefficient (Wildman–Crippen LogP) is 3.08. The molecule has 0 aliphatic carbocycles. The Kier molecular flexibility index (Phi) is 5.05. The summed E-state index contributed by atoms with van der Waals surface area (Å²) in [6.07, 6.45) is -1.09. The highest BCUT2D eigenvalue weighted by molar-refractivity contribution is 5.93. The molecule has 2 aromatic rings. The fourth-order valence-electron chi connectivity index (χ4n) is 2.37. The van der Waals surface area contributed by atoms with Crippen molar-refractivity contribution in [3.63, 3.8) is 0 Å². The third kappa shape index (κ3) is 4.37. The molecule has 3 rings (SSSR count). The number of benzene rings is 1. The van der Waals surface area contributed by atoms with Crippen molar-refractivity contribution >= 4 is 5.91 Å². The molecule has 1 aliphatic heterocycles. The van der Waals surface area contributed by atoms with Gasteiger partial charge in [0, 0.05) is 24.8 Å². The van der Waals surface area contributed by atoms with Crippen LogP contribution in [0.15, 0.2) is 36.5 Å². The third-order valence-corrected chi connectivity index (χ3v) is 3.69. The number of carbonyl (C=O) groups excluding carboxylic acids is 1. The Labute approximate surface area is 141 Å². The van der Waals surface area contributed by atoms with E-state index in [0.717, 1.165) is 23.6 Å². The molecule has 134 valence electrons. The van der Waals surface area contributed by atoms with Crippen LogP contribution in [-0.2, 0) is 15.8 Å². The van der Waals surface area contributed by atoms with E-state index in [1.165, 1.54) is 30.5 Å². The molecule has 1 atom stereocenters. The molecule has 9 heteroatoms. The Balaban J connectivity index is 1.61. The van der Waals surface area contributed by atoms with Crippen molar-refractivity contribution in [3.8, 4) is 5.69 Å². The zero-order valence-corrected chi connectivity index (χ0v) is 13.1. The van der Waals surface area contributed by atoms with Gasteiger partial charge in [0.15, 0.2) is 12.0 Å². The molecule has 0 unspecified atom stereocenters. The summed E-state index contributed by atoms with van der Waals surface area (Å²) in [6, 6.07) is 6.84. The van der Waals surface area contributed by atoms with Gasteiger partial charge in [0.2, 0.25) is 0 Å². The first kappa shape index (κ1) is 17.4. The molecule has 0 saturated carbocycles. The van der Waals surface area contributed by atoms with Gasteiger partial charge >= 0.3 is 6.18 Å². The van der Waals surface area contributed by atoms with Crippen molar-refractivity contribution in [3.05, 3.63) is 47.8 Å². The number of carbonyl (C=O) groups is 1. The Hall–Kier alpha value is -2.39. The fourth-order valence-corrected chi connectivity index (χ4v) is 2.37. The minimum absolute atomic E-state index is 0.308. The standard InChI is InChI=1S/C16H16F3N3O3/c17-16(18,19)13-8-9-22(20-13)12-6-4-11(5-7-12)15(23)21-25-14-3-1-2-10-24-14/h4-9,14H,1-3,10H2,(H,21,23)/t14-/m0/s1. The van der Waals surface area contributed by atoms with E-state index >= 15 is 0 Å². The van der Waals surface area contributed by atoms with E-state index < -0.39 is 24.1 Å². The summed E-state index contributed by atoms with van der Waals surface area (Å²) in [6.45, 7) is 0.596. The van der Waals surface area contributed by atoms with E-state index in [1.807, 2.05) is 0 Å². The number of ether oxygens (including phenoxy) is 1. The van der Waals surface area contributed by atoms with Gasteiger partial charge in [-0.1, -0.05) is 0 Å². The highest BCUT2D eigenvalue weighted by Gasteiger charge is 2.33. The van der Waals surface area contributed by atoms with Gasteiger partial charge in [-0.25, -0.2) is 15.0 Å². The summed E-state index contributed by atoms with van der Waals surface area (Å²) in [5.74, 6) is -0.461. The van der Waals surface area contributed by atoms with Crippen LogP contribution >= 0.6 is 0 Å². The highest BCUT2D eigenvalue weighted by atomic mass is 19.4. The van der Waals surface area contributed by atoms with Gasteiger partial charge in [0.1, 0.15) is 0 Å². The lowest BCUT2D eigenvalue weighted by Crippen LogP contribution is -2.33. The minimum atomic E-state index is -4.50. The van der Waals surface area contributed by atoms with E-state index in [-0.39, 0.29) is 0 Å². The molecule has 0 radical (unpaired) electrons. The van der Waals surface area contributed by atoms with Crippen LogP contribution in [0, 0.1) is 0 Å². The molecule has 1 saturated heterocycles. The zero-order chi connectivity index (χ0) is 17.9. The first-order valence-electron chi connectivity index (χ1n) is 7.74. The van der Waals surface area contributed by atoms with E-state index in [4.69, 9.17) is 9.57 Å². The number of rotatable bonds is 4. The van der Waals surface area contributed by atoms with Crippen LogP contribution in [0.1, 0.15) is 35.3 Å². The molecule has 0 bridgehead atoms. The molecule has 1 N–H and O–H groups in total. The number of aromatic nitrogens is 2. The molecule has 1 aromatic carbocycles. The molecule has 6 nitrogen and oxygen atoms in total. The number of halogens is 3. The van der Waals surface area contributed by atoms with Crippen LogP contribution in [0.2, 0.25) is 0 Å². The SMILES string of the molecule is O=C(NO[C@H]1CCCCO1)c1ccc(-n2ccc(C(F)(F)F)n2)cc1. The van der Waals surface area contributed by atoms with Gasteiger partial charge in [-0.3, -0.25) is 4.79 Å². The van der Waals surface area contributed by atoms with Crippen LogP contribution < -0.4 is 5.48 Å². The first-order chi connectivity index (χ1) is 11.9. The molecular weight excluding hydrogens is 339 g/mol. The molecule has 1 aliphatic rings. The van der Waals surface area contributed by atoms with Crippen LogP contribution in [-0.4, -0.2) is 28.6 Å². The second-order valence-electron chi connectivity index (χ2n) is 5.54. The van der Waals surface area contributed by atoms with Gasteiger partial charge in [0.05, 0.1) is 5.69 Å². The number of hydrogen-bond donors (Lipinski definition) is 1. The topological polar surface area (TPSA) is 65.4 Å². The summed E-state index contributed by atoms with van der Waals surface area (Å²) in [5.41, 5.74) is 2.05. The van der Waals surface area contributed by atoms with E-state index in [0.29, 0.717) is 24.3 Å². The second kappa shape index (κ2) is 7.24. The average Bonchev–Trinajstić information content (AvgIpc) is 3.11. The summed E-state index contributed by atoms with van der Waals surface area (Å²) in [5, 5.41) is 3.47. The molecule has 1 fully saturated rings. The molecule has 1 amide bonds. The molecule has 2 heterocycles. The van der Waals surface area contributed by atoms with E-state index in [9.17, 15) is 18.0 Å². The lowest BCUT2D eigenvalue weighted by Gasteiger charge is -2.22. The molecule has 0 spiro atoms. The fraction of sp³-hybridized carbons (Fsp3) is 0.375. The Bertz CT molecular complexity index is 722. The monoisotopic (exact) mass is 355 g/mol. The quantitative estimate of drug-likeness (QED) is 0.856. The van der Waals surface area contributed by atoms with Gasteiger partial charge in [-0.15, -0.1) is 0 Å². The Morgan fingerprint density at radius 2 is 2.00 bits per heavy atom. The highest BCUT2D eigenvalue weighted by Crippen LogP contribution is 2.27. The smallest absolute Gasteiger partial charge is 0.350 e. The normalized spacial score (nSPS) is 18.1. The van der Waals surface area contributed by atoms with Crippen LogP contribution in [0.5, 0.6) is 0 Å². The maximum Gasteiger partial charge on any atom is 0.435 e. The number of nitrogens with one attached hydrogen (secondary N) is 1. The van der Waals surface area contributed by atoms with Crippen LogP contribution in [0.25, 0.3) is 5.69 Å². The predicted molar refractivity (Wildman–Crippen MR) is 80.7 cm³/mol. The van der Waals surface area contributed by atoms with Crippen molar-refractivity contribution in [1.29, 1.82) is 0 Å². The lowest BCUT2D eigenvalue weighted by atomic mass is 10.2. The summed E-state index contributed by atoms with van der Waals surface area (Å²) in [4.78, 5) is 17.2. The number of alkyl halides is 3. The first-order valence-corrected chi connectivity index (χ1v) is 7.74. The summed E-state index contributed by atoms with van der Waals surface area (Å²) < 4.78 is 44.1. The molecular formula is C16H16F3N3O3. The number of amides is 1. The summed E-state index contributed by atoms with van der Waals surface area (Å²) in [7, 11) is 0. The van der Waals surface area contributed by atoms with Crippen LogP contribution in [0.4, 0.5) is 13.2 Å². The maximum atomic E-state index is 12.6. The van der Waals surface area contributed by atoms with Gasteiger partial charge in [-0.05, 0) is 43.2 Å². The molecule has 1 aromatic heterocycles. The van der Waals surface area contributed by atoms with Crippen LogP contribution in [0.3, 0.4) is 0 Å². The van der Waals surface area contributed by atoms with Crippen molar-refractivity contribution in [1.82, 2.24) is 15.3 Å². The second-order valence-corrected chi connectivity index (χ2v) is 5.54. The molecule has 25 heavy (non-hydrogen) atoms. The zero-order valence-electron chi connectivity index (χ0n) is 13.1.